The van der Waals surface area contributed by atoms with Gasteiger partial charge in [0.2, 0.25) is 0 Å². The average molecular weight is 691 g/mol. The summed E-state index contributed by atoms with van der Waals surface area (Å²) in [6.07, 6.45) is 0. The molecule has 10 rings (SSSR count). The molecule has 4 radical (unpaired) electrons. The quantitative estimate of drug-likeness (QED) is 0.169. The van der Waals surface area contributed by atoms with Crippen molar-refractivity contribution in [2.24, 2.45) is 0 Å². The molecule has 0 aliphatic carbocycles. The molecule has 2 aromatic heterocycles. The summed E-state index contributed by atoms with van der Waals surface area (Å²) in [5.74, 6) is 2.49. The maximum Gasteiger partial charge on any atom is 0.165 e. The van der Waals surface area contributed by atoms with Crippen molar-refractivity contribution in [2.75, 3.05) is 0 Å². The number of hydrogen-bond donors (Lipinski definition) is 0. The van der Waals surface area contributed by atoms with E-state index in [1.54, 1.807) is 11.3 Å². The zero-order valence-corrected chi connectivity index (χ0v) is 29.2. The molecular weight excluding hydrogens is 664 g/mol. The molecule has 0 spiro atoms. The summed E-state index contributed by atoms with van der Waals surface area (Å²) in [4.78, 5) is 15.4. The fourth-order valence-corrected chi connectivity index (χ4v) is 8.56. The first-order valence-corrected chi connectivity index (χ1v) is 18.2. The van der Waals surface area contributed by atoms with Crippen LogP contribution < -0.4 is 4.74 Å². The fourth-order valence-electron chi connectivity index (χ4n) is 7.35. The predicted octanol–water partition coefficient (Wildman–Crippen LogP) is 11.1. The van der Waals surface area contributed by atoms with Crippen LogP contribution in [0.3, 0.4) is 0 Å². The van der Waals surface area contributed by atoms with Gasteiger partial charge in [-0.15, -0.1) is 11.3 Å². The Morgan fingerprint density at radius 2 is 1.06 bits per heavy atom. The summed E-state index contributed by atoms with van der Waals surface area (Å²) in [5, 5.41) is 0.972. The lowest BCUT2D eigenvalue weighted by atomic mass is 9.58. The second-order valence-corrected chi connectivity index (χ2v) is 14.3. The molecule has 0 saturated carbocycles. The zero-order chi connectivity index (χ0) is 35.5. The van der Waals surface area contributed by atoms with Gasteiger partial charge in [-0.2, -0.15) is 0 Å². The second-order valence-electron chi connectivity index (χ2n) is 13.2. The Hall–Kier alpha value is -6.30. The SMILES string of the molecule is [B]C1([B])Oc2ccccc2-c2c(-c3ccc(-c4nc(-c5cccc(-c6ccccc6)c5)nc(-c5cccc6c5sc5ccccc56)n4)cc3)cccc21. The van der Waals surface area contributed by atoms with Gasteiger partial charge in [-0.3, -0.25) is 0 Å². The molecule has 4 nitrogen and oxygen atoms in total. The number of aromatic nitrogens is 3. The second kappa shape index (κ2) is 12.4. The van der Waals surface area contributed by atoms with Crippen molar-refractivity contribution < 1.29 is 4.74 Å². The van der Waals surface area contributed by atoms with Crippen LogP contribution in [0.4, 0.5) is 0 Å². The van der Waals surface area contributed by atoms with Crippen molar-refractivity contribution in [3.63, 3.8) is 0 Å². The Balaban J connectivity index is 1.13. The fraction of sp³-hybridized carbons (Fsp3) is 0.0217. The van der Waals surface area contributed by atoms with Crippen molar-refractivity contribution >= 4 is 47.2 Å². The summed E-state index contributed by atoms with van der Waals surface area (Å²) in [5.41, 5.74) is 9.68. The molecule has 0 bridgehead atoms. The third kappa shape index (κ3) is 5.44. The van der Waals surface area contributed by atoms with E-state index in [4.69, 9.17) is 35.4 Å². The summed E-state index contributed by atoms with van der Waals surface area (Å²) in [6.45, 7) is 0. The van der Waals surface area contributed by atoms with E-state index in [0.29, 0.717) is 23.2 Å². The van der Waals surface area contributed by atoms with Gasteiger partial charge in [0.1, 0.15) is 21.4 Å². The number of benzene rings is 7. The molecule has 7 aromatic carbocycles. The van der Waals surface area contributed by atoms with Crippen LogP contribution in [0, 0.1) is 0 Å². The van der Waals surface area contributed by atoms with E-state index < -0.39 is 5.40 Å². The number of fused-ring (bicyclic) bond motifs is 6. The van der Waals surface area contributed by atoms with Gasteiger partial charge < -0.3 is 4.74 Å². The van der Waals surface area contributed by atoms with E-state index >= 15 is 0 Å². The maximum atomic E-state index is 6.51. The van der Waals surface area contributed by atoms with Crippen LogP contribution in [0.1, 0.15) is 5.56 Å². The van der Waals surface area contributed by atoms with Crippen molar-refractivity contribution in [1.82, 2.24) is 15.0 Å². The van der Waals surface area contributed by atoms with Gasteiger partial charge in [0.05, 0.1) is 5.40 Å². The number of rotatable bonds is 5. The van der Waals surface area contributed by atoms with Gasteiger partial charge in [0.15, 0.2) is 17.5 Å². The van der Waals surface area contributed by atoms with Crippen LogP contribution in [-0.4, -0.2) is 30.6 Å². The van der Waals surface area contributed by atoms with Crippen molar-refractivity contribution in [1.29, 1.82) is 0 Å². The molecule has 1 aliphatic heterocycles. The van der Waals surface area contributed by atoms with Crippen LogP contribution in [0.15, 0.2) is 164 Å². The number of hydrogen-bond acceptors (Lipinski definition) is 5. The highest BCUT2D eigenvalue weighted by Gasteiger charge is 2.33. The Labute approximate surface area is 313 Å². The monoisotopic (exact) mass is 691 g/mol. The summed E-state index contributed by atoms with van der Waals surface area (Å²) < 4.78 is 8.40. The molecule has 0 unspecified atom stereocenters. The van der Waals surface area contributed by atoms with Crippen LogP contribution in [0.2, 0.25) is 0 Å². The summed E-state index contributed by atoms with van der Waals surface area (Å²) in [7, 11) is 13.0. The first-order chi connectivity index (χ1) is 26.0. The molecular formula is C46H27B2N3OS. The van der Waals surface area contributed by atoms with E-state index in [1.807, 2.05) is 42.5 Å². The smallest absolute Gasteiger partial charge is 0.165 e. The summed E-state index contributed by atoms with van der Waals surface area (Å²) >= 11 is 1.76. The Kier molecular flexibility index (Phi) is 7.37. The molecule has 1 aliphatic rings. The minimum Gasteiger partial charge on any atom is -0.502 e. The highest BCUT2D eigenvalue weighted by Crippen LogP contribution is 2.47. The third-order valence-electron chi connectivity index (χ3n) is 9.88. The Morgan fingerprint density at radius 1 is 0.453 bits per heavy atom. The first kappa shape index (κ1) is 31.4. The van der Waals surface area contributed by atoms with Crippen LogP contribution in [0.25, 0.3) is 87.7 Å². The van der Waals surface area contributed by atoms with Gasteiger partial charge in [0.25, 0.3) is 0 Å². The molecule has 0 fully saturated rings. The number of ether oxygens (including phenoxy) is 1. The maximum absolute atomic E-state index is 6.51. The van der Waals surface area contributed by atoms with Gasteiger partial charge in [-0.1, -0.05) is 140 Å². The number of thiophene rings is 1. The molecule has 9 aromatic rings. The Bertz CT molecular complexity index is 2850. The predicted molar refractivity (Wildman–Crippen MR) is 219 cm³/mol. The normalized spacial score (nSPS) is 13.0. The van der Waals surface area contributed by atoms with Gasteiger partial charge >= 0.3 is 0 Å². The standard InChI is InChI=1S/C46H27B2N3OS/c47-46(48)38-20-10-17-33(41(38)36-16-4-6-21-39(36)52-46)29-23-25-30(26-24-29)43-49-44(32-14-8-13-31(27-32)28-11-2-1-3-12-28)51-45(50-43)37-19-9-18-35-34-15-5-7-22-40(34)53-42(35)37/h1-27H. The lowest BCUT2D eigenvalue weighted by molar-refractivity contribution is 0.241. The summed E-state index contributed by atoms with van der Waals surface area (Å²) in [6, 6.07) is 55.8. The van der Waals surface area contributed by atoms with Gasteiger partial charge in [-0.05, 0) is 57.6 Å². The highest BCUT2D eigenvalue weighted by atomic mass is 32.1. The van der Waals surface area contributed by atoms with Crippen molar-refractivity contribution in [2.45, 2.75) is 5.40 Å². The first-order valence-electron chi connectivity index (χ1n) is 17.4. The molecule has 53 heavy (non-hydrogen) atoms. The zero-order valence-electron chi connectivity index (χ0n) is 28.4. The average Bonchev–Trinajstić information content (AvgIpc) is 3.60. The number of para-hydroxylation sites is 1. The van der Waals surface area contributed by atoms with Crippen molar-refractivity contribution in [3.8, 4) is 73.3 Å². The van der Waals surface area contributed by atoms with Crippen molar-refractivity contribution in [3.05, 3.63) is 169 Å². The minimum atomic E-state index is -1.45. The molecule has 7 heteroatoms. The van der Waals surface area contributed by atoms with E-state index in [9.17, 15) is 0 Å². The largest absolute Gasteiger partial charge is 0.502 e. The van der Waals surface area contributed by atoms with Crippen LogP contribution in [0.5, 0.6) is 5.75 Å². The minimum absolute atomic E-state index is 0.594. The van der Waals surface area contributed by atoms with Gasteiger partial charge in [0, 0.05) is 42.4 Å². The van der Waals surface area contributed by atoms with E-state index in [0.717, 1.165) is 60.3 Å². The van der Waals surface area contributed by atoms with E-state index in [1.165, 1.54) is 15.5 Å². The van der Waals surface area contributed by atoms with Crippen LogP contribution in [-0.2, 0) is 5.40 Å². The lowest BCUT2D eigenvalue weighted by Crippen LogP contribution is -2.37. The number of nitrogens with zero attached hydrogens (tertiary/aromatic N) is 3. The third-order valence-corrected chi connectivity index (χ3v) is 11.1. The molecule has 3 heterocycles. The van der Waals surface area contributed by atoms with E-state index in [-0.39, 0.29) is 0 Å². The molecule has 244 valence electrons. The topological polar surface area (TPSA) is 47.9 Å². The van der Waals surface area contributed by atoms with Gasteiger partial charge in [-0.25, -0.2) is 15.0 Å². The molecule has 0 N–H and O–H groups in total. The Morgan fingerprint density at radius 3 is 1.92 bits per heavy atom. The highest BCUT2D eigenvalue weighted by molar-refractivity contribution is 7.26. The molecule has 0 amide bonds. The molecule has 0 atom stereocenters. The molecule has 0 saturated heterocycles. The lowest BCUT2D eigenvalue weighted by Gasteiger charge is -2.37. The van der Waals surface area contributed by atoms with Crippen LogP contribution >= 0.6 is 11.3 Å². The van der Waals surface area contributed by atoms with E-state index in [2.05, 4.69) is 121 Å².